The van der Waals surface area contributed by atoms with Gasteiger partial charge in [0.25, 0.3) is 0 Å². The fourth-order valence-electron chi connectivity index (χ4n) is 1.13. The van der Waals surface area contributed by atoms with E-state index in [0.29, 0.717) is 11.3 Å². The van der Waals surface area contributed by atoms with Crippen LogP contribution < -0.4 is 11.1 Å². The fourth-order valence-corrected chi connectivity index (χ4v) is 1.13. The summed E-state index contributed by atoms with van der Waals surface area (Å²) in [5.74, 6) is -0.236. The Hall–Kier alpha value is -1.35. The van der Waals surface area contributed by atoms with Crippen LogP contribution >= 0.6 is 0 Å². The molecule has 0 unspecified atom stereocenters. The van der Waals surface area contributed by atoms with E-state index in [2.05, 4.69) is 5.32 Å². The SMILES string of the molecule is CNCCC=Cc1cc(N)ccc1F. The third kappa shape index (κ3) is 3.18. The highest BCUT2D eigenvalue weighted by Crippen LogP contribution is 2.13. The van der Waals surface area contributed by atoms with E-state index in [4.69, 9.17) is 5.73 Å². The smallest absolute Gasteiger partial charge is 0.130 e. The molecule has 14 heavy (non-hydrogen) atoms. The molecule has 0 heterocycles. The molecule has 0 spiro atoms. The van der Waals surface area contributed by atoms with Gasteiger partial charge in [-0.25, -0.2) is 4.39 Å². The van der Waals surface area contributed by atoms with E-state index in [0.717, 1.165) is 13.0 Å². The quantitative estimate of drug-likeness (QED) is 0.568. The van der Waals surface area contributed by atoms with Crippen molar-refractivity contribution in [2.45, 2.75) is 6.42 Å². The molecule has 0 amide bonds. The summed E-state index contributed by atoms with van der Waals surface area (Å²) in [5, 5.41) is 3.01. The van der Waals surface area contributed by atoms with E-state index < -0.39 is 0 Å². The molecule has 1 rings (SSSR count). The molecule has 2 nitrogen and oxygen atoms in total. The van der Waals surface area contributed by atoms with Gasteiger partial charge in [-0.3, -0.25) is 0 Å². The Morgan fingerprint density at radius 1 is 1.50 bits per heavy atom. The Labute approximate surface area is 83.6 Å². The van der Waals surface area contributed by atoms with E-state index in [9.17, 15) is 4.39 Å². The molecule has 0 saturated heterocycles. The first-order chi connectivity index (χ1) is 6.74. The largest absolute Gasteiger partial charge is 0.399 e. The highest BCUT2D eigenvalue weighted by atomic mass is 19.1. The standard InChI is InChI=1S/C11H15FN2/c1-14-7-3-2-4-9-8-10(13)5-6-11(9)12/h2,4-6,8,14H,3,7,13H2,1H3. The molecule has 1 aromatic carbocycles. The van der Waals surface area contributed by atoms with Crippen LogP contribution in [0.2, 0.25) is 0 Å². The summed E-state index contributed by atoms with van der Waals surface area (Å²) in [6.07, 6.45) is 4.56. The summed E-state index contributed by atoms with van der Waals surface area (Å²) in [4.78, 5) is 0. The molecule has 76 valence electrons. The number of nitrogens with two attached hydrogens (primary N) is 1. The third-order valence-corrected chi connectivity index (χ3v) is 1.88. The molecule has 0 bridgehead atoms. The Morgan fingerprint density at radius 3 is 3.00 bits per heavy atom. The van der Waals surface area contributed by atoms with E-state index in [1.807, 2.05) is 13.1 Å². The molecule has 3 N–H and O–H groups in total. The summed E-state index contributed by atoms with van der Waals surface area (Å²) >= 11 is 0. The molecule has 1 aromatic rings. The van der Waals surface area contributed by atoms with Crippen molar-refractivity contribution in [3.05, 3.63) is 35.7 Å². The van der Waals surface area contributed by atoms with Crippen LogP contribution in [0.5, 0.6) is 0 Å². The zero-order valence-electron chi connectivity index (χ0n) is 8.26. The van der Waals surface area contributed by atoms with Crippen LogP contribution in [0.4, 0.5) is 10.1 Å². The van der Waals surface area contributed by atoms with Gasteiger partial charge in [-0.05, 0) is 38.2 Å². The first kappa shape index (κ1) is 10.7. The van der Waals surface area contributed by atoms with Crippen LogP contribution in [0, 0.1) is 5.82 Å². The van der Waals surface area contributed by atoms with Gasteiger partial charge in [-0.1, -0.05) is 12.2 Å². The maximum Gasteiger partial charge on any atom is 0.130 e. The van der Waals surface area contributed by atoms with Gasteiger partial charge < -0.3 is 11.1 Å². The van der Waals surface area contributed by atoms with Gasteiger partial charge in [0, 0.05) is 11.3 Å². The van der Waals surface area contributed by atoms with Crippen molar-refractivity contribution in [1.29, 1.82) is 0 Å². The Balaban J connectivity index is 2.65. The van der Waals surface area contributed by atoms with Crippen molar-refractivity contribution in [3.63, 3.8) is 0 Å². The van der Waals surface area contributed by atoms with Gasteiger partial charge in [0.05, 0.1) is 0 Å². The maximum atomic E-state index is 13.2. The minimum absolute atomic E-state index is 0.236. The number of rotatable bonds is 4. The number of nitrogens with one attached hydrogen (secondary N) is 1. The topological polar surface area (TPSA) is 38.0 Å². The molecule has 0 aliphatic carbocycles. The van der Waals surface area contributed by atoms with E-state index >= 15 is 0 Å². The second-order valence-electron chi connectivity index (χ2n) is 3.08. The molecule has 0 aromatic heterocycles. The summed E-state index contributed by atoms with van der Waals surface area (Å²) in [6, 6.07) is 4.57. The lowest BCUT2D eigenvalue weighted by molar-refractivity contribution is 0.625. The Morgan fingerprint density at radius 2 is 2.29 bits per heavy atom. The molecule has 0 aliphatic rings. The van der Waals surface area contributed by atoms with E-state index in [-0.39, 0.29) is 5.82 Å². The van der Waals surface area contributed by atoms with E-state index in [1.165, 1.54) is 6.07 Å². The average molecular weight is 194 g/mol. The Kier molecular flexibility index (Phi) is 4.13. The summed E-state index contributed by atoms with van der Waals surface area (Å²) in [5.41, 5.74) is 6.67. The maximum absolute atomic E-state index is 13.2. The molecular formula is C11H15FN2. The number of nitrogen functional groups attached to an aromatic ring is 1. The zero-order chi connectivity index (χ0) is 10.4. The molecule has 0 saturated carbocycles. The third-order valence-electron chi connectivity index (χ3n) is 1.88. The number of anilines is 1. The second kappa shape index (κ2) is 5.40. The Bertz CT molecular complexity index is 321. The predicted molar refractivity (Wildman–Crippen MR) is 58.4 cm³/mol. The number of benzene rings is 1. The first-order valence-electron chi connectivity index (χ1n) is 4.60. The summed E-state index contributed by atoms with van der Waals surface area (Å²) in [7, 11) is 1.88. The highest BCUT2D eigenvalue weighted by Gasteiger charge is 1.97. The normalized spacial score (nSPS) is 11.0. The van der Waals surface area contributed by atoms with Crippen LogP contribution in [0.15, 0.2) is 24.3 Å². The lowest BCUT2D eigenvalue weighted by Crippen LogP contribution is -2.05. The van der Waals surface area contributed by atoms with Gasteiger partial charge in [-0.2, -0.15) is 0 Å². The van der Waals surface area contributed by atoms with E-state index in [1.54, 1.807) is 18.2 Å². The molecule has 3 heteroatoms. The second-order valence-corrected chi connectivity index (χ2v) is 3.08. The van der Waals surface area contributed by atoms with Crippen LogP contribution in [0.3, 0.4) is 0 Å². The summed E-state index contributed by atoms with van der Waals surface area (Å²) < 4.78 is 13.2. The van der Waals surface area contributed by atoms with Crippen molar-refractivity contribution in [3.8, 4) is 0 Å². The molecule has 0 aliphatic heterocycles. The van der Waals surface area contributed by atoms with Gasteiger partial charge in [0.1, 0.15) is 5.82 Å². The van der Waals surface area contributed by atoms with Crippen LogP contribution in [-0.4, -0.2) is 13.6 Å². The molecular weight excluding hydrogens is 179 g/mol. The van der Waals surface area contributed by atoms with Gasteiger partial charge >= 0.3 is 0 Å². The van der Waals surface area contributed by atoms with Crippen molar-refractivity contribution in [2.75, 3.05) is 19.3 Å². The van der Waals surface area contributed by atoms with Gasteiger partial charge in [-0.15, -0.1) is 0 Å². The fraction of sp³-hybridized carbons (Fsp3) is 0.273. The monoisotopic (exact) mass is 194 g/mol. The van der Waals surface area contributed by atoms with Crippen molar-refractivity contribution in [1.82, 2.24) is 5.32 Å². The highest BCUT2D eigenvalue weighted by molar-refractivity contribution is 5.56. The van der Waals surface area contributed by atoms with Crippen molar-refractivity contribution < 1.29 is 4.39 Å². The van der Waals surface area contributed by atoms with Gasteiger partial charge in [0.2, 0.25) is 0 Å². The number of hydrogen-bond donors (Lipinski definition) is 2. The molecule has 0 atom stereocenters. The number of halogens is 1. The number of hydrogen-bond acceptors (Lipinski definition) is 2. The lowest BCUT2D eigenvalue weighted by Gasteiger charge is -1.98. The average Bonchev–Trinajstić information content (AvgIpc) is 2.18. The predicted octanol–water partition coefficient (Wildman–Crippen LogP) is 2.03. The van der Waals surface area contributed by atoms with Crippen LogP contribution in [0.25, 0.3) is 6.08 Å². The van der Waals surface area contributed by atoms with Crippen LogP contribution in [0.1, 0.15) is 12.0 Å². The molecule has 0 radical (unpaired) electrons. The van der Waals surface area contributed by atoms with Crippen molar-refractivity contribution >= 4 is 11.8 Å². The zero-order valence-corrected chi connectivity index (χ0v) is 8.26. The molecule has 0 fully saturated rings. The van der Waals surface area contributed by atoms with Gasteiger partial charge in [0.15, 0.2) is 0 Å². The van der Waals surface area contributed by atoms with Crippen molar-refractivity contribution in [2.24, 2.45) is 0 Å². The minimum atomic E-state index is -0.236. The first-order valence-corrected chi connectivity index (χ1v) is 4.60. The minimum Gasteiger partial charge on any atom is -0.399 e. The van der Waals surface area contributed by atoms with Crippen LogP contribution in [-0.2, 0) is 0 Å². The lowest BCUT2D eigenvalue weighted by atomic mass is 10.1. The summed E-state index contributed by atoms with van der Waals surface area (Å²) in [6.45, 7) is 0.889.